The van der Waals surface area contributed by atoms with Crippen LogP contribution in [0.2, 0.25) is 13.1 Å². The van der Waals surface area contributed by atoms with Crippen LogP contribution in [-0.2, 0) is 21.0 Å². The van der Waals surface area contributed by atoms with E-state index in [1.54, 1.807) is 12.1 Å². The maximum absolute atomic E-state index is 13.9. The third kappa shape index (κ3) is 6.44. The van der Waals surface area contributed by atoms with Crippen LogP contribution in [-0.4, -0.2) is 24.5 Å². The van der Waals surface area contributed by atoms with E-state index in [2.05, 4.69) is 83.3 Å². The topological polar surface area (TPSA) is 0 Å². The van der Waals surface area contributed by atoms with Gasteiger partial charge >= 0.3 is 333 Å². The van der Waals surface area contributed by atoms with Gasteiger partial charge in [0.25, 0.3) is 0 Å². The van der Waals surface area contributed by atoms with Crippen LogP contribution < -0.4 is 0 Å². The van der Waals surface area contributed by atoms with Gasteiger partial charge in [0.2, 0.25) is 0 Å². The van der Waals surface area contributed by atoms with E-state index in [1.807, 2.05) is 25.1 Å². The summed E-state index contributed by atoms with van der Waals surface area (Å²) in [6.45, 7) is 14.9. The molecule has 2 unspecified atom stereocenters. The van der Waals surface area contributed by atoms with Crippen molar-refractivity contribution in [3.63, 3.8) is 0 Å². The van der Waals surface area contributed by atoms with Crippen molar-refractivity contribution >= 4 is 35.1 Å². The molecule has 0 aliphatic heterocycles. The monoisotopic (exact) mass is 917 g/mol. The van der Waals surface area contributed by atoms with Crippen LogP contribution in [0.1, 0.15) is 81.2 Å². The Labute approximate surface area is 330 Å². The van der Waals surface area contributed by atoms with Gasteiger partial charge in [-0.15, -0.1) is 0 Å². The molecular formula is C43H42Cl2F9SiZr. The first-order chi connectivity index (χ1) is 25.8. The molecule has 0 radical (unpaired) electrons. The minimum absolute atomic E-state index is 0.0916. The maximum atomic E-state index is 13.9. The van der Waals surface area contributed by atoms with Crippen molar-refractivity contribution in [1.29, 1.82) is 0 Å². The number of alkyl halides is 9. The summed E-state index contributed by atoms with van der Waals surface area (Å²) < 4.78 is 125. The molecule has 0 fully saturated rings. The molecule has 2 aliphatic carbocycles. The Balaban J connectivity index is 1.50. The Morgan fingerprint density at radius 2 is 1.00 bits per heavy atom. The van der Waals surface area contributed by atoms with Gasteiger partial charge in [0.05, 0.1) is 0 Å². The second kappa shape index (κ2) is 14.3. The molecule has 0 saturated heterocycles. The van der Waals surface area contributed by atoms with Gasteiger partial charge in [-0.3, -0.25) is 0 Å². The fourth-order valence-electron chi connectivity index (χ4n) is 9.08. The molecule has 0 spiro atoms. The van der Waals surface area contributed by atoms with Gasteiger partial charge in [-0.2, -0.15) is 0 Å². The third-order valence-electron chi connectivity index (χ3n) is 12.0. The molecule has 13 heteroatoms. The quantitative estimate of drug-likeness (QED) is 0.122. The molecule has 56 heavy (non-hydrogen) atoms. The van der Waals surface area contributed by atoms with Gasteiger partial charge in [0, 0.05) is 0 Å². The second-order valence-electron chi connectivity index (χ2n) is 16.1. The number of allylic oxidation sites excluding steroid dienone is 2. The predicted octanol–water partition coefficient (Wildman–Crippen LogP) is 15.3. The molecule has 0 amide bonds. The van der Waals surface area contributed by atoms with Crippen LogP contribution >= 0.6 is 17.0 Å². The summed E-state index contributed by atoms with van der Waals surface area (Å²) in [5.41, 5.74) is 1.57. The molecule has 2 atom stereocenters. The first kappa shape index (κ1) is 43.0. The molecule has 0 aromatic heterocycles. The van der Waals surface area contributed by atoms with E-state index in [0.29, 0.717) is 17.0 Å². The number of benzene rings is 4. The van der Waals surface area contributed by atoms with E-state index in [4.69, 9.17) is 17.0 Å². The Kier molecular flexibility index (Phi) is 11.0. The van der Waals surface area contributed by atoms with Gasteiger partial charge < -0.3 is 0 Å². The molecule has 2 aliphatic rings. The normalized spacial score (nSPS) is 18.6. The summed E-state index contributed by atoms with van der Waals surface area (Å²) in [4.78, 5) is 0. The van der Waals surface area contributed by atoms with Crippen LogP contribution in [0.4, 0.5) is 39.5 Å². The number of hydrogen-bond donors (Lipinski definition) is 0. The van der Waals surface area contributed by atoms with E-state index in [0.717, 1.165) is 51.1 Å². The van der Waals surface area contributed by atoms with Crippen molar-refractivity contribution in [2.24, 2.45) is 5.92 Å². The molecule has 299 valence electrons. The summed E-state index contributed by atoms with van der Waals surface area (Å²) in [6.07, 6.45) is -16.0. The van der Waals surface area contributed by atoms with Gasteiger partial charge in [0.1, 0.15) is 0 Å². The first-order valence-electron chi connectivity index (χ1n) is 18.4. The molecule has 0 nitrogen and oxygen atoms in total. The summed E-state index contributed by atoms with van der Waals surface area (Å²) in [5.74, 6) is -1.52. The van der Waals surface area contributed by atoms with E-state index >= 15 is 0 Å². The summed E-state index contributed by atoms with van der Waals surface area (Å²) in [5, 5.41) is 0. The van der Waals surface area contributed by atoms with Crippen molar-refractivity contribution in [3.8, 4) is 22.3 Å². The average molecular weight is 920 g/mol. The van der Waals surface area contributed by atoms with Crippen LogP contribution in [0.5, 0.6) is 0 Å². The zero-order valence-corrected chi connectivity index (χ0v) is 36.9. The SMILES string of the molecule is CC1=Cc2c(-c3ccc(C(C(F)(F)F)(C(F)(F)F)C(F)(F)F)cc3)cccc2[CH]1[Zr]([Cl])([Cl])([CH]1C(C(C)C)=Cc2c(-c3ccc(C(C)C)cc3)cccc21)[SiH](C)C. The van der Waals surface area contributed by atoms with Crippen LogP contribution in [0.25, 0.3) is 34.4 Å². The second-order valence-corrected chi connectivity index (χ2v) is 58.7. The Hall–Kier alpha value is -2.59. The third-order valence-corrected chi connectivity index (χ3v) is 64.0. The Morgan fingerprint density at radius 1 is 0.571 bits per heavy atom. The average Bonchev–Trinajstić information content (AvgIpc) is 3.66. The van der Waals surface area contributed by atoms with Gasteiger partial charge in [-0.25, -0.2) is 0 Å². The summed E-state index contributed by atoms with van der Waals surface area (Å²) in [7, 11) is 16.8. The van der Waals surface area contributed by atoms with Crippen molar-refractivity contribution in [2.45, 2.75) is 84.8 Å². The fraction of sp³-hybridized carbons (Fsp3) is 0.349. The summed E-state index contributed by atoms with van der Waals surface area (Å²) >= 11 is -5.26. The molecule has 0 bridgehead atoms. The fourth-order valence-corrected chi connectivity index (χ4v) is 41.3. The molecular weight excluding hydrogens is 878 g/mol. The van der Waals surface area contributed by atoms with Crippen molar-refractivity contribution in [1.82, 2.24) is 0 Å². The Bertz CT molecular complexity index is 2180. The van der Waals surface area contributed by atoms with Crippen molar-refractivity contribution in [3.05, 3.63) is 129 Å². The zero-order valence-electron chi connectivity index (χ0n) is 31.8. The molecule has 0 N–H and O–H groups in total. The molecule has 4 aromatic rings. The predicted molar refractivity (Wildman–Crippen MR) is 210 cm³/mol. The van der Waals surface area contributed by atoms with Crippen LogP contribution in [0.15, 0.2) is 96.1 Å². The number of rotatable bonds is 8. The Morgan fingerprint density at radius 3 is 1.41 bits per heavy atom. The molecule has 6 rings (SSSR count). The van der Waals surface area contributed by atoms with Crippen LogP contribution in [0.3, 0.4) is 0 Å². The number of fused-ring (bicyclic) bond motifs is 2. The van der Waals surface area contributed by atoms with E-state index in [1.165, 1.54) is 5.56 Å². The molecule has 4 aromatic carbocycles. The zero-order chi connectivity index (χ0) is 41.6. The summed E-state index contributed by atoms with van der Waals surface area (Å²) in [6, 6.07) is 22.4. The van der Waals surface area contributed by atoms with E-state index < -0.39 is 51.0 Å². The van der Waals surface area contributed by atoms with Crippen molar-refractivity contribution in [2.75, 3.05) is 0 Å². The van der Waals surface area contributed by atoms with E-state index in [9.17, 15) is 39.5 Å². The van der Waals surface area contributed by atoms with Crippen molar-refractivity contribution < 1.29 is 55.1 Å². The van der Waals surface area contributed by atoms with Crippen LogP contribution in [0, 0.1) is 5.92 Å². The molecule has 0 heterocycles. The van der Waals surface area contributed by atoms with Gasteiger partial charge in [-0.05, 0) is 0 Å². The van der Waals surface area contributed by atoms with Gasteiger partial charge in [-0.1, -0.05) is 0 Å². The van der Waals surface area contributed by atoms with Gasteiger partial charge in [0.15, 0.2) is 0 Å². The van der Waals surface area contributed by atoms with E-state index in [-0.39, 0.29) is 30.9 Å². The number of halogens is 11. The first-order valence-corrected chi connectivity index (χ1v) is 34.7. The standard InChI is InChI=1S/C21H23.C20H12F9.C2H7Si.2ClH.Zr/c1-14(2)16-8-10-17(11-9-16)20-7-5-6-18-12-19(15(3)4)13-21(18)20;1-11-9-13-3-2-4-15(16(13)10-11)12-5-7-14(8-6-12)17(18(21,22)23,19(24,25)26)20(27,28)29;1-3-2;;;/h5-15H,1-4H3;2-10H,1H3;3H,1-2H3;2*1H;/q;;;;;+2/p-2. The minimum atomic E-state index is -6.71. The number of hydrogen-bond acceptors (Lipinski definition) is 0. The molecule has 0 saturated carbocycles.